The molecule has 1 aliphatic carbocycles. The lowest BCUT2D eigenvalue weighted by Crippen LogP contribution is -2.33. The van der Waals surface area contributed by atoms with E-state index in [9.17, 15) is 9.18 Å². The summed E-state index contributed by atoms with van der Waals surface area (Å²) in [5.41, 5.74) is 9.79. The largest absolute Gasteiger partial charge is 0.381 e. The van der Waals surface area contributed by atoms with Crippen LogP contribution in [0.25, 0.3) is 11.0 Å². The van der Waals surface area contributed by atoms with Crippen LogP contribution in [-0.4, -0.2) is 28.0 Å². The minimum Gasteiger partial charge on any atom is -0.381 e. The summed E-state index contributed by atoms with van der Waals surface area (Å²) in [7, 11) is 0. The topological polar surface area (TPSA) is 95.8 Å². The summed E-state index contributed by atoms with van der Waals surface area (Å²) < 4.78 is 13.3. The molecule has 0 spiro atoms. The number of amides is 1. The van der Waals surface area contributed by atoms with Crippen molar-refractivity contribution in [3.8, 4) is 0 Å². The first kappa shape index (κ1) is 22.3. The summed E-state index contributed by atoms with van der Waals surface area (Å²) in [6, 6.07) is 8.38. The third kappa shape index (κ3) is 4.93. The van der Waals surface area contributed by atoms with Gasteiger partial charge in [0.2, 0.25) is 0 Å². The number of benzene rings is 1. The minimum absolute atomic E-state index is 0.250. The van der Waals surface area contributed by atoms with Gasteiger partial charge in [0.15, 0.2) is 0 Å². The van der Waals surface area contributed by atoms with Crippen molar-refractivity contribution in [2.24, 2.45) is 5.73 Å². The Morgan fingerprint density at radius 2 is 1.97 bits per heavy atom. The van der Waals surface area contributed by atoms with Gasteiger partial charge in [0, 0.05) is 35.0 Å². The molecule has 0 bridgehead atoms. The lowest BCUT2D eigenvalue weighted by atomic mass is 9.91. The van der Waals surface area contributed by atoms with Crippen molar-refractivity contribution in [3.63, 3.8) is 0 Å². The van der Waals surface area contributed by atoms with E-state index in [1.165, 1.54) is 12.1 Å². The molecule has 0 unspecified atom stereocenters. The highest BCUT2D eigenvalue weighted by Gasteiger charge is 2.24. The first-order valence-electron chi connectivity index (χ1n) is 11.5. The van der Waals surface area contributed by atoms with E-state index in [-0.39, 0.29) is 23.8 Å². The van der Waals surface area contributed by atoms with Gasteiger partial charge in [-0.3, -0.25) is 4.79 Å². The number of halogens is 1. The van der Waals surface area contributed by atoms with Crippen molar-refractivity contribution in [1.29, 1.82) is 0 Å². The Balaban J connectivity index is 1.69. The Bertz CT molecular complexity index is 1070. The maximum absolute atomic E-state index is 13.3. The zero-order valence-electron chi connectivity index (χ0n) is 18.7. The molecule has 32 heavy (non-hydrogen) atoms. The molecule has 2 aromatic heterocycles. The highest BCUT2D eigenvalue weighted by Crippen LogP contribution is 2.33. The molecule has 1 aromatic carbocycles. The lowest BCUT2D eigenvalue weighted by Gasteiger charge is -2.28. The van der Waals surface area contributed by atoms with E-state index in [0.717, 1.165) is 60.9 Å². The normalized spacial score (nSPS) is 19.6. The molecule has 7 heteroatoms. The van der Waals surface area contributed by atoms with Gasteiger partial charge in [0.1, 0.15) is 11.5 Å². The Labute approximate surface area is 188 Å². The van der Waals surface area contributed by atoms with Crippen LogP contribution in [0.1, 0.15) is 74.3 Å². The number of aromatic amines is 1. The second-order valence-electron chi connectivity index (χ2n) is 8.94. The van der Waals surface area contributed by atoms with E-state index in [2.05, 4.69) is 40.5 Å². The quantitative estimate of drug-likeness (QED) is 0.390. The van der Waals surface area contributed by atoms with E-state index in [1.807, 2.05) is 0 Å². The van der Waals surface area contributed by atoms with Crippen LogP contribution in [0.3, 0.4) is 0 Å². The van der Waals surface area contributed by atoms with Crippen LogP contribution in [-0.2, 0) is 0 Å². The average Bonchev–Trinajstić information content (AvgIpc) is 3.22. The van der Waals surface area contributed by atoms with Crippen molar-refractivity contribution in [2.75, 3.05) is 10.6 Å². The highest BCUT2D eigenvalue weighted by molar-refractivity contribution is 6.12. The van der Waals surface area contributed by atoms with Crippen LogP contribution in [0.5, 0.6) is 0 Å². The van der Waals surface area contributed by atoms with Gasteiger partial charge in [-0.25, -0.2) is 9.37 Å². The van der Waals surface area contributed by atoms with Gasteiger partial charge in [0.05, 0.1) is 11.3 Å². The van der Waals surface area contributed by atoms with E-state index in [4.69, 9.17) is 5.73 Å². The number of pyridine rings is 1. The monoisotopic (exact) mass is 437 g/mol. The molecule has 6 nitrogen and oxygen atoms in total. The number of hydrogen-bond donors (Lipinski definition) is 4. The van der Waals surface area contributed by atoms with Crippen LogP contribution in [0.15, 0.2) is 36.5 Å². The van der Waals surface area contributed by atoms with Gasteiger partial charge in [0.25, 0.3) is 5.91 Å². The first-order valence-corrected chi connectivity index (χ1v) is 11.5. The van der Waals surface area contributed by atoms with E-state index < -0.39 is 0 Å². The second kappa shape index (κ2) is 9.69. The fourth-order valence-electron chi connectivity index (χ4n) is 4.48. The van der Waals surface area contributed by atoms with Crippen molar-refractivity contribution in [3.05, 3.63) is 53.6 Å². The zero-order chi connectivity index (χ0) is 22.7. The van der Waals surface area contributed by atoms with Crippen LogP contribution >= 0.6 is 0 Å². The van der Waals surface area contributed by atoms with Crippen molar-refractivity contribution < 1.29 is 9.18 Å². The van der Waals surface area contributed by atoms with Gasteiger partial charge in [-0.1, -0.05) is 20.3 Å². The third-order valence-electron chi connectivity index (χ3n) is 6.40. The molecule has 0 radical (unpaired) electrons. The molecule has 1 saturated carbocycles. The second-order valence-corrected chi connectivity index (χ2v) is 8.94. The van der Waals surface area contributed by atoms with Crippen LogP contribution in [0.4, 0.5) is 15.8 Å². The van der Waals surface area contributed by atoms with Crippen molar-refractivity contribution >= 4 is 28.3 Å². The Morgan fingerprint density at radius 3 is 2.66 bits per heavy atom. The minimum atomic E-state index is -0.343. The fraction of sp³-hybridized carbons (Fsp3) is 0.440. The van der Waals surface area contributed by atoms with E-state index in [1.54, 1.807) is 18.3 Å². The molecule has 170 valence electrons. The molecule has 5 N–H and O–H groups in total. The van der Waals surface area contributed by atoms with Gasteiger partial charge >= 0.3 is 0 Å². The van der Waals surface area contributed by atoms with Gasteiger partial charge in [-0.15, -0.1) is 0 Å². The van der Waals surface area contributed by atoms with Gasteiger partial charge in [-0.2, -0.15) is 0 Å². The molecule has 1 amide bonds. The number of nitrogens with zero attached hydrogens (tertiary/aromatic N) is 1. The third-order valence-corrected chi connectivity index (χ3v) is 6.40. The highest BCUT2D eigenvalue weighted by atomic mass is 19.1. The lowest BCUT2D eigenvalue weighted by molar-refractivity contribution is 0.102. The molecule has 1 fully saturated rings. The van der Waals surface area contributed by atoms with Crippen LogP contribution in [0, 0.1) is 5.82 Å². The van der Waals surface area contributed by atoms with Crippen LogP contribution < -0.4 is 16.4 Å². The number of rotatable bonds is 7. The number of nitrogens with two attached hydrogens (primary N) is 1. The number of anilines is 2. The maximum Gasteiger partial charge on any atom is 0.259 e. The molecular formula is C25H32FN5O. The fourth-order valence-corrected chi connectivity index (χ4v) is 4.48. The Morgan fingerprint density at radius 1 is 1.25 bits per heavy atom. The molecule has 3 aromatic rings. The summed E-state index contributed by atoms with van der Waals surface area (Å²) in [4.78, 5) is 21.2. The average molecular weight is 438 g/mol. The molecule has 1 atom stereocenters. The van der Waals surface area contributed by atoms with E-state index >= 15 is 0 Å². The molecule has 2 heterocycles. The number of hydrogen-bond acceptors (Lipinski definition) is 4. The maximum atomic E-state index is 13.3. The number of carbonyl (C=O) groups is 1. The van der Waals surface area contributed by atoms with Crippen LogP contribution in [0.2, 0.25) is 0 Å². The summed E-state index contributed by atoms with van der Waals surface area (Å²) in [6.07, 6.45) is 7.66. The van der Waals surface area contributed by atoms with Crippen molar-refractivity contribution in [2.45, 2.75) is 70.4 Å². The predicted molar refractivity (Wildman–Crippen MR) is 128 cm³/mol. The summed E-state index contributed by atoms with van der Waals surface area (Å²) in [5.74, 6) is -0.235. The smallest absolute Gasteiger partial charge is 0.259 e. The molecule has 0 saturated heterocycles. The summed E-state index contributed by atoms with van der Waals surface area (Å²) in [5, 5.41) is 7.43. The molecule has 1 aliphatic rings. The molecule has 0 aliphatic heterocycles. The number of carbonyl (C=O) groups excluding carboxylic acids is 1. The Hall–Kier alpha value is -2.93. The Kier molecular flexibility index (Phi) is 6.74. The predicted octanol–water partition coefficient (Wildman–Crippen LogP) is 5.54. The molecular weight excluding hydrogens is 405 g/mol. The first-order chi connectivity index (χ1) is 15.4. The van der Waals surface area contributed by atoms with Gasteiger partial charge < -0.3 is 21.4 Å². The van der Waals surface area contributed by atoms with Crippen molar-refractivity contribution in [1.82, 2.24) is 9.97 Å². The number of nitrogens with one attached hydrogen (secondary N) is 3. The standard InChI is InChI=1S/C25H32FN5O/c1-3-4-15(2)22-13-20-23(29-18-11-7-17(27)8-12-18)21(14-28-24(20)31-22)25(32)30-19-9-5-16(26)6-10-19/h5-6,9-10,13-15,17-18H,3-4,7-8,11-12,27H2,1-2H3,(H,30,32)(H2,28,29,31)/t15-,17?,18?/m1/s1. The summed E-state index contributed by atoms with van der Waals surface area (Å²) in [6.45, 7) is 4.38. The number of H-pyrrole nitrogens is 1. The zero-order valence-corrected chi connectivity index (χ0v) is 18.7. The van der Waals surface area contributed by atoms with Gasteiger partial charge in [-0.05, 0) is 68.4 Å². The number of fused-ring (bicyclic) bond motifs is 1. The SMILES string of the molecule is CCC[C@@H](C)c1cc2c(NC3CCC(N)CC3)c(C(=O)Nc3ccc(F)cc3)cnc2[nH]1. The summed E-state index contributed by atoms with van der Waals surface area (Å²) >= 11 is 0. The number of aromatic nitrogens is 2. The molecule has 4 rings (SSSR count). The van der Waals surface area contributed by atoms with E-state index in [0.29, 0.717) is 17.2 Å².